The van der Waals surface area contributed by atoms with Crippen LogP contribution in [0, 0.1) is 11.8 Å². The summed E-state index contributed by atoms with van der Waals surface area (Å²) >= 11 is 0. The maximum Gasteiger partial charge on any atom is 0.250 e. The van der Waals surface area contributed by atoms with Crippen molar-refractivity contribution in [1.82, 2.24) is 15.1 Å². The smallest absolute Gasteiger partial charge is 0.250 e. The van der Waals surface area contributed by atoms with Crippen molar-refractivity contribution in [2.24, 2.45) is 16.8 Å². The number of nitrogens with zero attached hydrogens (tertiary/aromatic N) is 3. The third-order valence-corrected chi connectivity index (χ3v) is 7.39. The fourth-order valence-electron chi connectivity index (χ4n) is 5.23. The third kappa shape index (κ3) is 7.07. The Labute approximate surface area is 248 Å². The number of ether oxygens (including phenoxy) is 1. The zero-order valence-electron chi connectivity index (χ0n) is 25.3. The molecule has 0 aromatic heterocycles. The number of amides is 3. The van der Waals surface area contributed by atoms with E-state index in [9.17, 15) is 19.5 Å². The molecule has 224 valence electrons. The molecule has 0 bridgehead atoms. The number of hydrogen-bond donors (Lipinski definition) is 2. The van der Waals surface area contributed by atoms with Crippen LogP contribution in [0.2, 0.25) is 0 Å². The van der Waals surface area contributed by atoms with Crippen molar-refractivity contribution in [1.29, 1.82) is 0 Å². The van der Waals surface area contributed by atoms with Gasteiger partial charge in [-0.05, 0) is 37.3 Å². The number of nitrogens with one attached hydrogen (secondary N) is 1. The van der Waals surface area contributed by atoms with Gasteiger partial charge in [0.25, 0.3) is 5.91 Å². The quantitative estimate of drug-likeness (QED) is 0.450. The Morgan fingerprint density at radius 1 is 1.05 bits per heavy atom. The first-order valence-electron chi connectivity index (χ1n) is 14.5. The first-order chi connectivity index (χ1) is 19.9. The minimum absolute atomic E-state index is 0.161. The fourth-order valence-corrected chi connectivity index (χ4v) is 5.23. The minimum Gasteiger partial charge on any atom is -0.476 e. The monoisotopic (exact) mass is 574 g/mol. The number of benzene rings is 2. The fraction of sp³-hybridized carbons (Fsp3) is 0.455. The van der Waals surface area contributed by atoms with Crippen molar-refractivity contribution in [3.63, 3.8) is 0 Å². The molecule has 0 radical (unpaired) electrons. The second kappa shape index (κ2) is 12.9. The summed E-state index contributed by atoms with van der Waals surface area (Å²) in [6.07, 6.45) is 0.841. The summed E-state index contributed by atoms with van der Waals surface area (Å²) in [6.45, 7) is 11.3. The summed E-state index contributed by atoms with van der Waals surface area (Å²) in [5.41, 5.74) is 1.62. The van der Waals surface area contributed by atoms with E-state index < -0.39 is 29.6 Å². The average Bonchev–Trinajstić information content (AvgIpc) is 3.32. The molecule has 4 rings (SSSR count). The minimum atomic E-state index is -1.18. The molecule has 2 aliphatic rings. The largest absolute Gasteiger partial charge is 0.476 e. The van der Waals surface area contributed by atoms with Gasteiger partial charge in [-0.1, -0.05) is 88.4 Å². The molecule has 2 aliphatic heterocycles. The van der Waals surface area contributed by atoms with E-state index in [0.717, 1.165) is 5.56 Å². The molecule has 3 amide bonds. The molecule has 42 heavy (non-hydrogen) atoms. The first kappa shape index (κ1) is 31.0. The van der Waals surface area contributed by atoms with Gasteiger partial charge >= 0.3 is 0 Å². The normalized spacial score (nSPS) is 19.7. The van der Waals surface area contributed by atoms with Crippen molar-refractivity contribution >= 4 is 29.3 Å². The van der Waals surface area contributed by atoms with Crippen molar-refractivity contribution in [2.75, 3.05) is 13.2 Å². The third-order valence-electron chi connectivity index (χ3n) is 7.39. The molecular weight excluding hydrogens is 532 g/mol. The first-order valence-corrected chi connectivity index (χ1v) is 14.5. The summed E-state index contributed by atoms with van der Waals surface area (Å²) in [7, 11) is 0. The lowest BCUT2D eigenvalue weighted by atomic mass is 9.95. The summed E-state index contributed by atoms with van der Waals surface area (Å²) < 4.78 is 5.70. The number of aliphatic hydroxyl groups is 1. The summed E-state index contributed by atoms with van der Waals surface area (Å²) in [4.78, 5) is 48.4. The number of rotatable bonds is 10. The van der Waals surface area contributed by atoms with Crippen LogP contribution in [0.4, 0.5) is 0 Å². The van der Waals surface area contributed by atoms with Gasteiger partial charge in [0.15, 0.2) is 0 Å². The van der Waals surface area contributed by atoms with Crippen LogP contribution < -0.4 is 5.32 Å². The zero-order valence-corrected chi connectivity index (χ0v) is 25.3. The van der Waals surface area contributed by atoms with Gasteiger partial charge < -0.3 is 20.1 Å². The van der Waals surface area contributed by atoms with Crippen LogP contribution in [0.3, 0.4) is 0 Å². The maximum atomic E-state index is 14.0. The highest BCUT2D eigenvalue weighted by molar-refractivity contribution is 6.00. The van der Waals surface area contributed by atoms with Crippen LogP contribution in [0.5, 0.6) is 0 Å². The predicted molar refractivity (Wildman–Crippen MR) is 162 cm³/mol. The number of carbonyl (C=O) groups excluding carboxylic acids is 3. The molecule has 0 saturated heterocycles. The molecule has 2 aromatic carbocycles. The lowest BCUT2D eigenvalue weighted by molar-refractivity contribution is -0.147. The van der Waals surface area contributed by atoms with E-state index >= 15 is 0 Å². The molecule has 3 atom stereocenters. The van der Waals surface area contributed by atoms with E-state index in [1.54, 1.807) is 20.0 Å². The van der Waals surface area contributed by atoms with Gasteiger partial charge in [0.05, 0.1) is 17.3 Å². The van der Waals surface area contributed by atoms with E-state index in [4.69, 9.17) is 4.74 Å². The molecule has 9 heteroatoms. The second-order valence-corrected chi connectivity index (χ2v) is 12.3. The second-order valence-electron chi connectivity index (χ2n) is 12.3. The Kier molecular flexibility index (Phi) is 9.51. The Morgan fingerprint density at radius 3 is 2.21 bits per heavy atom. The van der Waals surface area contributed by atoms with Crippen LogP contribution >= 0.6 is 0 Å². The van der Waals surface area contributed by atoms with Gasteiger partial charge in [-0.3, -0.25) is 19.3 Å². The van der Waals surface area contributed by atoms with E-state index in [2.05, 4.69) is 10.3 Å². The van der Waals surface area contributed by atoms with Crippen LogP contribution in [-0.4, -0.2) is 75.4 Å². The van der Waals surface area contributed by atoms with E-state index in [1.165, 1.54) is 9.80 Å². The zero-order chi connectivity index (χ0) is 30.6. The SMILES string of the molecule is CC(C)C(=O)N1C=C(c2ccccc2)N(CC(=O)NC(Cc2ccccc2)C(O)C2=NC(C)(C)CO2)C(=O)C1C(C)C. The van der Waals surface area contributed by atoms with Gasteiger partial charge in [-0.25, -0.2) is 4.99 Å². The molecule has 3 unspecified atom stereocenters. The summed E-state index contributed by atoms with van der Waals surface area (Å²) in [6, 6.07) is 17.3. The van der Waals surface area contributed by atoms with E-state index in [1.807, 2.05) is 88.4 Å². The average molecular weight is 575 g/mol. The van der Waals surface area contributed by atoms with Crippen LogP contribution in [0.1, 0.15) is 52.7 Å². The molecule has 2 N–H and O–H groups in total. The molecule has 2 aromatic rings. The molecular formula is C33H42N4O5. The number of aliphatic imine (C=N–C) groups is 1. The topological polar surface area (TPSA) is 112 Å². The summed E-state index contributed by atoms with van der Waals surface area (Å²) in [5.74, 6) is -1.26. The number of aliphatic hydroxyl groups excluding tert-OH is 1. The number of hydrogen-bond acceptors (Lipinski definition) is 6. The van der Waals surface area contributed by atoms with Gasteiger partial charge in [-0.2, -0.15) is 0 Å². The van der Waals surface area contributed by atoms with Crippen LogP contribution in [0.15, 0.2) is 71.9 Å². The molecule has 2 heterocycles. The van der Waals surface area contributed by atoms with E-state index in [0.29, 0.717) is 24.3 Å². The lowest BCUT2D eigenvalue weighted by Gasteiger charge is -2.41. The highest BCUT2D eigenvalue weighted by atomic mass is 16.5. The van der Waals surface area contributed by atoms with Gasteiger partial charge in [0, 0.05) is 12.1 Å². The Hall–Kier alpha value is -3.98. The molecule has 0 fully saturated rings. The van der Waals surface area contributed by atoms with Crippen LogP contribution in [-0.2, 0) is 25.5 Å². The van der Waals surface area contributed by atoms with E-state index in [-0.39, 0.29) is 36.1 Å². The van der Waals surface area contributed by atoms with Crippen molar-refractivity contribution in [3.05, 3.63) is 78.0 Å². The highest BCUT2D eigenvalue weighted by Crippen LogP contribution is 2.31. The standard InChI is InChI=1S/C33H42N4O5/c1-21(2)28-32(41)36(26(24-15-11-8-12-16-24)18-37(28)31(40)22(3)4)19-27(38)34-25(17-23-13-9-7-10-14-23)29(39)30-35-33(5,6)20-42-30/h7-16,18,21-22,25,28-29,39H,17,19-20H2,1-6H3,(H,34,38). The van der Waals surface area contributed by atoms with Gasteiger partial charge in [-0.15, -0.1) is 0 Å². The lowest BCUT2D eigenvalue weighted by Crippen LogP contribution is -2.58. The Morgan fingerprint density at radius 2 is 1.67 bits per heavy atom. The Bertz CT molecular complexity index is 1340. The van der Waals surface area contributed by atoms with Crippen molar-refractivity contribution in [2.45, 2.75) is 71.7 Å². The van der Waals surface area contributed by atoms with Gasteiger partial charge in [0.2, 0.25) is 17.7 Å². The predicted octanol–water partition coefficient (Wildman–Crippen LogP) is 3.63. The maximum absolute atomic E-state index is 14.0. The highest BCUT2D eigenvalue weighted by Gasteiger charge is 2.42. The molecule has 0 spiro atoms. The molecule has 0 aliphatic carbocycles. The Balaban J connectivity index is 1.65. The van der Waals surface area contributed by atoms with Crippen LogP contribution in [0.25, 0.3) is 5.70 Å². The number of carbonyl (C=O) groups is 3. The molecule has 0 saturated carbocycles. The van der Waals surface area contributed by atoms with Crippen molar-refractivity contribution < 1.29 is 24.2 Å². The van der Waals surface area contributed by atoms with Gasteiger partial charge in [0.1, 0.15) is 25.3 Å². The van der Waals surface area contributed by atoms with Crippen molar-refractivity contribution in [3.8, 4) is 0 Å². The summed E-state index contributed by atoms with van der Waals surface area (Å²) in [5, 5.41) is 14.2. The molecule has 9 nitrogen and oxygen atoms in total.